The van der Waals surface area contributed by atoms with Crippen LogP contribution in [0.3, 0.4) is 0 Å². The molecule has 4 aromatic carbocycles. The van der Waals surface area contributed by atoms with Gasteiger partial charge in [0.25, 0.3) is 0 Å². The Morgan fingerprint density at radius 1 is 0.677 bits per heavy atom. The van der Waals surface area contributed by atoms with E-state index < -0.39 is 150 Å². The lowest BCUT2D eigenvalue weighted by Gasteiger charge is -2.37. The number of imidazole rings is 1. The zero-order valence-corrected chi connectivity index (χ0v) is 51.0. The monoisotopic (exact) mass is 1280 g/mol. The van der Waals surface area contributed by atoms with Gasteiger partial charge in [-0.1, -0.05) is 36.4 Å². The molecule has 8 atom stereocenters. The summed E-state index contributed by atoms with van der Waals surface area (Å²) in [7, 11) is 1.46. The molecular formula is C65H71F2N13O13. The highest BCUT2D eigenvalue weighted by atomic mass is 19.1. The first-order valence-corrected chi connectivity index (χ1v) is 30.1. The van der Waals surface area contributed by atoms with Crippen molar-refractivity contribution in [1.82, 2.24) is 62.1 Å². The molecule has 7 aromatic rings. The molecule has 13 N–H and O–H groups in total. The number of H-pyrrole nitrogens is 3. The summed E-state index contributed by atoms with van der Waals surface area (Å²) >= 11 is 0. The number of benzene rings is 4. The number of methoxy groups -OCH3 is 1. The van der Waals surface area contributed by atoms with Crippen molar-refractivity contribution < 1.29 is 71.4 Å². The molecule has 488 valence electrons. The lowest BCUT2D eigenvalue weighted by atomic mass is 9.88. The number of aromatic amines is 3. The van der Waals surface area contributed by atoms with Crippen molar-refractivity contribution in [3.8, 4) is 5.75 Å². The van der Waals surface area contributed by atoms with Gasteiger partial charge in [0.15, 0.2) is 5.78 Å². The van der Waals surface area contributed by atoms with Crippen molar-refractivity contribution in [1.29, 1.82) is 0 Å². The first-order chi connectivity index (χ1) is 44.4. The predicted molar refractivity (Wildman–Crippen MR) is 331 cm³/mol. The summed E-state index contributed by atoms with van der Waals surface area (Å²) in [4.78, 5) is 170. The fourth-order valence-corrected chi connectivity index (χ4v) is 11.6. The van der Waals surface area contributed by atoms with Gasteiger partial charge >= 0.3 is 5.97 Å². The first-order valence-electron chi connectivity index (χ1n) is 30.1. The maximum Gasteiger partial charge on any atom is 0.305 e. The van der Waals surface area contributed by atoms with Crippen molar-refractivity contribution in [3.05, 3.63) is 155 Å². The lowest BCUT2D eigenvalue weighted by Crippen LogP contribution is -2.60. The van der Waals surface area contributed by atoms with Gasteiger partial charge in [-0.05, 0) is 109 Å². The number of primary amides is 1. The molecule has 0 spiro atoms. The van der Waals surface area contributed by atoms with E-state index in [1.807, 2.05) is 0 Å². The molecule has 28 heteroatoms. The van der Waals surface area contributed by atoms with Gasteiger partial charge in [-0.3, -0.25) is 52.7 Å². The topological polar surface area (TPSA) is 391 Å². The summed E-state index contributed by atoms with van der Waals surface area (Å²) in [5.74, 6) is -12.5. The Hall–Kier alpha value is -10.8. The van der Waals surface area contributed by atoms with Gasteiger partial charge in [0.05, 0.1) is 38.7 Å². The summed E-state index contributed by atoms with van der Waals surface area (Å²) in [6.45, 7) is 2.80. The highest BCUT2D eigenvalue weighted by Gasteiger charge is 2.49. The van der Waals surface area contributed by atoms with Crippen LogP contribution in [0.1, 0.15) is 79.5 Å². The van der Waals surface area contributed by atoms with Gasteiger partial charge in [0.2, 0.25) is 53.2 Å². The number of Topliss-reactive ketones (excluding diaryl/α,β-unsaturated/α-hetero) is 1. The molecule has 2 bridgehead atoms. The van der Waals surface area contributed by atoms with Gasteiger partial charge in [0, 0.05) is 90.8 Å². The number of fused-ring (bicyclic) bond motifs is 29. The van der Waals surface area contributed by atoms with Crippen LogP contribution in [0.2, 0.25) is 0 Å². The second-order valence-electron chi connectivity index (χ2n) is 23.5. The number of carboxylic acid groups (broad SMARTS) is 1. The van der Waals surface area contributed by atoms with Crippen molar-refractivity contribution in [2.45, 2.75) is 126 Å². The molecule has 0 radical (unpaired) electrons. The minimum atomic E-state index is -2.00. The molecule has 0 unspecified atom stereocenters. The fourth-order valence-electron chi connectivity index (χ4n) is 11.6. The molecular weight excluding hydrogens is 1210 g/mol. The van der Waals surface area contributed by atoms with Crippen molar-refractivity contribution in [3.63, 3.8) is 0 Å². The third-order valence-electron chi connectivity index (χ3n) is 16.8. The molecule has 6 heterocycles. The van der Waals surface area contributed by atoms with Crippen LogP contribution in [0.5, 0.6) is 5.75 Å². The van der Waals surface area contributed by atoms with E-state index in [1.54, 1.807) is 48.5 Å². The molecule has 26 nitrogen and oxygen atoms in total. The van der Waals surface area contributed by atoms with Crippen LogP contribution in [0.15, 0.2) is 110 Å². The van der Waals surface area contributed by atoms with E-state index in [1.165, 1.54) is 87.2 Å². The van der Waals surface area contributed by atoms with Gasteiger partial charge in [0.1, 0.15) is 53.1 Å². The van der Waals surface area contributed by atoms with E-state index in [2.05, 4.69) is 57.2 Å². The maximum absolute atomic E-state index is 15.2. The van der Waals surface area contributed by atoms with Crippen LogP contribution in [-0.2, 0) is 91.4 Å². The van der Waals surface area contributed by atoms with Crippen molar-refractivity contribution in [2.75, 3.05) is 13.7 Å². The summed E-state index contributed by atoms with van der Waals surface area (Å²) in [6, 6.07) is 11.0. The molecule has 0 saturated carbocycles. The number of carboxylic acids is 1. The molecule has 9 amide bonds. The van der Waals surface area contributed by atoms with Gasteiger partial charge < -0.3 is 72.6 Å². The largest absolute Gasteiger partial charge is 0.497 e. The lowest BCUT2D eigenvalue weighted by molar-refractivity contribution is -0.149. The number of ketones is 1. The Kier molecular flexibility index (Phi) is 21.1. The number of rotatable bonds is 12. The van der Waals surface area contributed by atoms with Gasteiger partial charge in [-0.25, -0.2) is 13.8 Å². The second-order valence-corrected chi connectivity index (χ2v) is 23.5. The van der Waals surface area contributed by atoms with Crippen LogP contribution in [0.4, 0.5) is 8.78 Å². The standard InChI is InChI=1S/C65H71F2N13O13/c1-34-59(87)76-51(21-39-30-70-47-15-11-41(66)24-45(39)47)60(88)77-52(22-40-31-71-48-16-12-42(67)25-46(40)48)61(89)78-53(28-57(84)85)62(90)75-49(26-43-32-69-33-73-43)54(81)23-38(19-35-9-13-44(93-3)14-10-35)63(91)80-18-4-17-65(80,2)64(92)79-50(58(68)86)27-55(82)72-29-37-7-5-36(6-8-37)20-56(83)74-34/h5-16,24-25,30-34,38,49-53,70-71H,4,17-23,26-29H2,1-3H3,(H2,68,86)(H,69,73)(H,72,82)(H,74,83)(H,75,90)(H,76,87)(H,77,88)(H,78,89)(H,79,92)(H,84,85)/t34-,38-,49+,50+,51+,52+,53+,65+/m1/s1. The Balaban J connectivity index is 1.08. The van der Waals surface area contributed by atoms with Crippen molar-refractivity contribution in [2.24, 2.45) is 11.7 Å². The summed E-state index contributed by atoms with van der Waals surface area (Å²) in [5, 5.41) is 29.1. The molecule has 0 aliphatic carbocycles. The third kappa shape index (κ3) is 16.8. The molecule has 1 saturated heterocycles. The number of aliphatic carboxylic acids is 1. The number of hydrogen-bond acceptors (Lipinski definition) is 13. The molecule has 3 aliphatic heterocycles. The first kappa shape index (κ1) is 66.6. The zero-order chi connectivity index (χ0) is 66.7. The van der Waals surface area contributed by atoms with E-state index in [0.29, 0.717) is 56.5 Å². The second kappa shape index (κ2) is 29.4. The van der Waals surface area contributed by atoms with Crippen LogP contribution in [-0.4, -0.2) is 150 Å². The van der Waals surface area contributed by atoms with E-state index in [0.717, 1.165) is 0 Å². The number of aromatic nitrogens is 4. The van der Waals surface area contributed by atoms with E-state index in [9.17, 15) is 57.0 Å². The smallest absolute Gasteiger partial charge is 0.305 e. The van der Waals surface area contributed by atoms with Crippen LogP contribution >= 0.6 is 0 Å². The number of nitrogens with two attached hydrogens (primary N) is 1. The summed E-state index contributed by atoms with van der Waals surface area (Å²) in [5.41, 5.74) is 7.52. The Morgan fingerprint density at radius 2 is 1.26 bits per heavy atom. The molecule has 10 rings (SSSR count). The predicted octanol–water partition coefficient (Wildman–Crippen LogP) is 2.04. The maximum atomic E-state index is 15.2. The number of carbonyl (C=O) groups is 11. The van der Waals surface area contributed by atoms with Crippen LogP contribution in [0, 0.1) is 17.6 Å². The van der Waals surface area contributed by atoms with Gasteiger partial charge in [-0.15, -0.1) is 0 Å². The molecule has 3 aliphatic rings. The summed E-state index contributed by atoms with van der Waals surface area (Å²) in [6.07, 6.45) is 2.26. The quantitative estimate of drug-likeness (QED) is 0.0780. The Morgan fingerprint density at radius 3 is 1.84 bits per heavy atom. The Bertz CT molecular complexity index is 3970. The number of hydrogen-bond donors (Lipinski definition) is 12. The SMILES string of the molecule is COc1ccc(C[C@@H]2CC(=O)[C@H](Cc3cnc[nH]3)NC(=O)[C@H](CC(=O)O)NC(=O)[C@H](Cc3c[nH]c4ccc(F)cc34)NC(=O)[C@H](Cc3c[nH]c4ccc(F)cc34)NC(=O)[C@@H](C)NC(=O)Cc3ccc(cc3)CNC(=O)C[C@@H](C(N)=O)NC(=O)[C@]3(C)CCCN3C2=O)cc1. The summed E-state index contributed by atoms with van der Waals surface area (Å²) < 4.78 is 35.0. The number of ether oxygens (including phenoxy) is 1. The average molecular weight is 1280 g/mol. The Labute approximate surface area is 530 Å². The fraction of sp³-hybridized carbons (Fsp3) is 0.354. The number of halogens is 2. The zero-order valence-electron chi connectivity index (χ0n) is 51.0. The highest BCUT2D eigenvalue weighted by Crippen LogP contribution is 2.33. The van der Waals surface area contributed by atoms with Crippen molar-refractivity contribution >= 4 is 86.7 Å². The van der Waals surface area contributed by atoms with E-state index in [-0.39, 0.29) is 56.1 Å². The number of amides is 9. The molecule has 93 heavy (non-hydrogen) atoms. The van der Waals surface area contributed by atoms with Crippen LogP contribution < -0.4 is 47.7 Å². The van der Waals surface area contributed by atoms with Gasteiger partial charge in [-0.2, -0.15) is 0 Å². The number of nitrogens with one attached hydrogen (secondary N) is 10. The highest BCUT2D eigenvalue weighted by molar-refractivity contribution is 6.01. The third-order valence-corrected chi connectivity index (χ3v) is 16.8. The number of carbonyl (C=O) groups excluding carboxylic acids is 10. The number of nitrogens with zero attached hydrogens (tertiary/aromatic N) is 2. The minimum Gasteiger partial charge on any atom is -0.497 e. The normalized spacial score (nSPS) is 23.0. The van der Waals surface area contributed by atoms with E-state index in [4.69, 9.17) is 10.5 Å². The average Bonchev–Trinajstić information content (AvgIpc) is 1.71. The minimum absolute atomic E-state index is 0.0183. The molecule has 1 fully saturated rings. The van der Waals surface area contributed by atoms with Crippen LogP contribution in [0.25, 0.3) is 21.8 Å². The molecule has 3 aromatic heterocycles. The van der Waals surface area contributed by atoms with E-state index >= 15 is 9.59 Å².